The number of benzene rings is 1. The maximum absolute atomic E-state index is 12.2. The number of piperidine rings is 1. The van der Waals surface area contributed by atoms with Gasteiger partial charge in [0.05, 0.1) is 0 Å². The minimum absolute atomic E-state index is 0.00850. The van der Waals surface area contributed by atoms with Crippen LogP contribution in [-0.2, 0) is 4.79 Å². The van der Waals surface area contributed by atoms with Gasteiger partial charge in [0.2, 0.25) is 0 Å². The Balaban J connectivity index is 1.43. The molecule has 126 valence electrons. The molecule has 2 aliphatic heterocycles. The molecule has 2 saturated heterocycles. The summed E-state index contributed by atoms with van der Waals surface area (Å²) in [5.74, 6) is 0.501. The Labute approximate surface area is 137 Å². The van der Waals surface area contributed by atoms with Gasteiger partial charge in [0.15, 0.2) is 6.10 Å². The summed E-state index contributed by atoms with van der Waals surface area (Å²) in [7, 11) is 0. The highest BCUT2D eigenvalue weighted by Gasteiger charge is 2.37. The summed E-state index contributed by atoms with van der Waals surface area (Å²) in [4.78, 5) is 16.5. The van der Waals surface area contributed by atoms with Crippen LogP contribution in [0.2, 0.25) is 0 Å². The fourth-order valence-corrected chi connectivity index (χ4v) is 3.32. The van der Waals surface area contributed by atoms with E-state index in [1.54, 1.807) is 4.90 Å². The van der Waals surface area contributed by atoms with Gasteiger partial charge >= 0.3 is 0 Å². The monoisotopic (exact) mass is 318 g/mol. The lowest BCUT2D eigenvalue weighted by molar-refractivity contribution is -0.149. The van der Waals surface area contributed by atoms with Crippen LogP contribution in [0.4, 0.5) is 0 Å². The summed E-state index contributed by atoms with van der Waals surface area (Å²) in [5, 5.41) is 10.1. The van der Waals surface area contributed by atoms with Crippen LogP contribution in [0.5, 0.6) is 5.75 Å². The number of hydrogen-bond donors (Lipinski definition) is 1. The molecule has 0 aliphatic carbocycles. The van der Waals surface area contributed by atoms with E-state index in [0.717, 1.165) is 31.7 Å². The van der Waals surface area contributed by atoms with Gasteiger partial charge in [0.1, 0.15) is 12.4 Å². The van der Waals surface area contributed by atoms with Crippen molar-refractivity contribution in [2.75, 3.05) is 32.8 Å². The number of aliphatic hydroxyl groups is 1. The number of aryl methyl sites for hydroxylation is 1. The third kappa shape index (κ3) is 3.85. The zero-order chi connectivity index (χ0) is 16.2. The van der Waals surface area contributed by atoms with E-state index in [9.17, 15) is 9.90 Å². The number of aliphatic hydroxyl groups excluding tert-OH is 1. The van der Waals surface area contributed by atoms with Gasteiger partial charge in [-0.15, -0.1) is 0 Å². The zero-order valence-corrected chi connectivity index (χ0v) is 13.8. The second kappa shape index (κ2) is 7.32. The lowest BCUT2D eigenvalue weighted by atomic mass is 10.0. The summed E-state index contributed by atoms with van der Waals surface area (Å²) < 4.78 is 5.57. The van der Waals surface area contributed by atoms with E-state index in [-0.39, 0.29) is 12.5 Å². The van der Waals surface area contributed by atoms with E-state index in [4.69, 9.17) is 4.74 Å². The topological polar surface area (TPSA) is 53.0 Å². The summed E-state index contributed by atoms with van der Waals surface area (Å²) in [6.45, 7) is 5.72. The molecule has 3 rings (SSSR count). The summed E-state index contributed by atoms with van der Waals surface area (Å²) >= 11 is 0. The first-order chi connectivity index (χ1) is 11.1. The van der Waals surface area contributed by atoms with E-state index in [1.807, 2.05) is 31.2 Å². The summed E-state index contributed by atoms with van der Waals surface area (Å²) in [6.07, 6.45) is 2.76. The van der Waals surface area contributed by atoms with Crippen molar-refractivity contribution in [3.8, 4) is 5.75 Å². The number of ether oxygens (including phenoxy) is 1. The van der Waals surface area contributed by atoms with E-state index >= 15 is 0 Å². The fourth-order valence-electron chi connectivity index (χ4n) is 3.32. The van der Waals surface area contributed by atoms with Crippen molar-refractivity contribution in [1.82, 2.24) is 9.80 Å². The Bertz CT molecular complexity index is 537. The zero-order valence-electron chi connectivity index (χ0n) is 13.8. The van der Waals surface area contributed by atoms with Crippen LogP contribution >= 0.6 is 0 Å². The number of para-hydroxylation sites is 1. The molecule has 2 heterocycles. The van der Waals surface area contributed by atoms with Gasteiger partial charge < -0.3 is 14.7 Å². The highest BCUT2D eigenvalue weighted by atomic mass is 16.5. The number of nitrogens with zero attached hydrogens (tertiary/aromatic N) is 2. The molecule has 0 spiro atoms. The molecular weight excluding hydrogens is 292 g/mol. The van der Waals surface area contributed by atoms with Crippen LogP contribution in [0.3, 0.4) is 0 Å². The number of hydrogen-bond acceptors (Lipinski definition) is 4. The molecule has 2 fully saturated rings. The third-order valence-electron chi connectivity index (χ3n) is 4.86. The molecule has 1 aromatic rings. The van der Waals surface area contributed by atoms with Crippen molar-refractivity contribution in [2.45, 2.75) is 38.3 Å². The first kappa shape index (κ1) is 16.3. The predicted octanol–water partition coefficient (Wildman–Crippen LogP) is 1.43. The Morgan fingerprint density at radius 1 is 1.26 bits per heavy atom. The second-order valence-electron chi connectivity index (χ2n) is 6.59. The second-order valence-corrected chi connectivity index (χ2v) is 6.59. The van der Waals surface area contributed by atoms with Crippen molar-refractivity contribution >= 4 is 5.91 Å². The van der Waals surface area contributed by atoms with Crippen molar-refractivity contribution in [3.63, 3.8) is 0 Å². The van der Waals surface area contributed by atoms with Crippen molar-refractivity contribution in [3.05, 3.63) is 29.8 Å². The first-order valence-corrected chi connectivity index (χ1v) is 8.54. The van der Waals surface area contributed by atoms with Crippen molar-refractivity contribution in [2.24, 2.45) is 0 Å². The van der Waals surface area contributed by atoms with E-state index in [0.29, 0.717) is 11.8 Å². The van der Waals surface area contributed by atoms with Gasteiger partial charge in [0, 0.05) is 19.1 Å². The van der Waals surface area contributed by atoms with Gasteiger partial charge in [-0.2, -0.15) is 0 Å². The van der Waals surface area contributed by atoms with Crippen molar-refractivity contribution in [1.29, 1.82) is 0 Å². The Morgan fingerprint density at radius 3 is 2.65 bits per heavy atom. The molecule has 23 heavy (non-hydrogen) atoms. The Kier molecular flexibility index (Phi) is 5.18. The lowest BCUT2D eigenvalue weighted by Gasteiger charge is -2.47. The number of carbonyl (C=O) groups excluding carboxylic acids is 1. The van der Waals surface area contributed by atoms with Gasteiger partial charge in [-0.05, 0) is 44.5 Å². The van der Waals surface area contributed by atoms with Crippen molar-refractivity contribution < 1.29 is 14.6 Å². The molecule has 5 nitrogen and oxygen atoms in total. The average Bonchev–Trinajstić information content (AvgIpc) is 2.53. The quantitative estimate of drug-likeness (QED) is 0.892. The molecule has 1 amide bonds. The molecule has 2 aliphatic rings. The van der Waals surface area contributed by atoms with Crippen LogP contribution in [-0.4, -0.2) is 65.7 Å². The number of likely N-dealkylation sites (tertiary alicyclic amines) is 2. The molecule has 1 aromatic carbocycles. The van der Waals surface area contributed by atoms with Gasteiger partial charge in [-0.3, -0.25) is 9.69 Å². The van der Waals surface area contributed by atoms with Crippen LogP contribution < -0.4 is 4.74 Å². The standard InChI is InChI=1S/C18H26N2O3/c1-14-7-3-4-8-17(14)23-13-16(21)18(22)20-11-15(12-20)19-9-5-2-6-10-19/h3-4,7-8,15-16,21H,2,5-6,9-13H2,1H3. The highest BCUT2D eigenvalue weighted by Crippen LogP contribution is 2.21. The number of rotatable bonds is 5. The molecule has 1 N–H and O–H groups in total. The van der Waals surface area contributed by atoms with E-state index in [1.165, 1.54) is 19.3 Å². The molecule has 1 atom stereocenters. The summed E-state index contributed by atoms with van der Waals surface area (Å²) in [5.41, 5.74) is 1.00. The normalized spacial score (nSPS) is 20.9. The largest absolute Gasteiger partial charge is 0.490 e. The molecule has 0 saturated carbocycles. The fraction of sp³-hybridized carbons (Fsp3) is 0.611. The smallest absolute Gasteiger partial charge is 0.255 e. The lowest BCUT2D eigenvalue weighted by Crippen LogP contribution is -2.63. The number of carbonyl (C=O) groups is 1. The molecule has 0 aromatic heterocycles. The predicted molar refractivity (Wildman–Crippen MR) is 88.5 cm³/mol. The molecule has 0 bridgehead atoms. The van der Waals surface area contributed by atoms with Gasteiger partial charge in [-0.25, -0.2) is 0 Å². The minimum Gasteiger partial charge on any atom is -0.490 e. The van der Waals surface area contributed by atoms with Gasteiger partial charge in [-0.1, -0.05) is 24.6 Å². The Hall–Kier alpha value is -1.59. The average molecular weight is 318 g/mol. The molecule has 0 radical (unpaired) electrons. The van der Waals surface area contributed by atoms with Crippen LogP contribution in [0.15, 0.2) is 24.3 Å². The minimum atomic E-state index is -1.09. The molecule has 1 unspecified atom stereocenters. The summed E-state index contributed by atoms with van der Waals surface area (Å²) in [6, 6.07) is 8.09. The number of amides is 1. The maximum Gasteiger partial charge on any atom is 0.255 e. The SMILES string of the molecule is Cc1ccccc1OCC(O)C(=O)N1CC(N2CCCCC2)C1. The third-order valence-corrected chi connectivity index (χ3v) is 4.86. The van der Waals surface area contributed by atoms with Crippen LogP contribution in [0.25, 0.3) is 0 Å². The van der Waals surface area contributed by atoms with Gasteiger partial charge in [0.25, 0.3) is 5.91 Å². The maximum atomic E-state index is 12.2. The van der Waals surface area contributed by atoms with Crippen LogP contribution in [0.1, 0.15) is 24.8 Å². The molecule has 5 heteroatoms. The van der Waals surface area contributed by atoms with E-state index < -0.39 is 6.10 Å². The van der Waals surface area contributed by atoms with Crippen LogP contribution in [0, 0.1) is 6.92 Å². The molecular formula is C18H26N2O3. The highest BCUT2D eigenvalue weighted by molar-refractivity contribution is 5.81. The van der Waals surface area contributed by atoms with E-state index in [2.05, 4.69) is 4.90 Å². The first-order valence-electron chi connectivity index (χ1n) is 8.54. The Morgan fingerprint density at radius 2 is 1.96 bits per heavy atom.